The minimum absolute atomic E-state index is 0.0955. The van der Waals surface area contributed by atoms with Crippen LogP contribution in [0.2, 0.25) is 5.02 Å². The van der Waals surface area contributed by atoms with E-state index in [2.05, 4.69) is 31.6 Å². The minimum Gasteiger partial charge on any atom is -0.355 e. The Kier molecular flexibility index (Phi) is 9.08. The van der Waals surface area contributed by atoms with Crippen LogP contribution in [0.25, 0.3) is 10.9 Å². The van der Waals surface area contributed by atoms with Crippen molar-refractivity contribution in [3.63, 3.8) is 0 Å². The van der Waals surface area contributed by atoms with Crippen LogP contribution in [0.3, 0.4) is 0 Å². The summed E-state index contributed by atoms with van der Waals surface area (Å²) >= 11 is 9.25. The lowest BCUT2D eigenvalue weighted by molar-refractivity contribution is 0.438. The van der Waals surface area contributed by atoms with Gasteiger partial charge in [-0.15, -0.1) is 6.42 Å². The summed E-state index contributed by atoms with van der Waals surface area (Å²) in [5, 5.41) is 1.14. The van der Waals surface area contributed by atoms with E-state index in [0.29, 0.717) is 37.5 Å². The Bertz CT molecular complexity index is 1630. The Morgan fingerprint density at radius 1 is 1.16 bits per heavy atom. The van der Waals surface area contributed by atoms with Gasteiger partial charge in [0, 0.05) is 27.1 Å². The lowest BCUT2D eigenvalue weighted by Gasteiger charge is -2.20. The molecule has 1 unspecified atom stereocenters. The molecule has 0 aliphatic carbocycles. The first-order chi connectivity index (χ1) is 18.1. The smallest absolute Gasteiger partial charge is 0.244 e. The average Bonchev–Trinajstić information content (AvgIpc) is 3.21. The van der Waals surface area contributed by atoms with E-state index in [9.17, 15) is 17.0 Å². The molecule has 0 amide bonds. The van der Waals surface area contributed by atoms with E-state index in [1.807, 2.05) is 6.92 Å². The maximum Gasteiger partial charge on any atom is 0.244 e. The molecule has 4 aromatic rings. The van der Waals surface area contributed by atoms with E-state index in [0.717, 1.165) is 5.56 Å². The second-order valence-corrected chi connectivity index (χ2v) is 13.1. The highest BCUT2D eigenvalue weighted by atomic mass is 79.9. The molecule has 0 aliphatic rings. The zero-order valence-electron chi connectivity index (χ0n) is 20.3. The molecule has 6 nitrogen and oxygen atoms in total. The van der Waals surface area contributed by atoms with Crippen molar-refractivity contribution in [1.82, 2.24) is 14.0 Å². The van der Waals surface area contributed by atoms with Gasteiger partial charge in [0.15, 0.2) is 0 Å². The summed E-state index contributed by atoms with van der Waals surface area (Å²) in [4.78, 5) is 3.75. The fraction of sp³-hybridized carbons (Fsp3) is 0.185. The van der Waals surface area contributed by atoms with Gasteiger partial charge < -0.3 is 4.98 Å². The van der Waals surface area contributed by atoms with E-state index >= 15 is 0 Å². The normalized spacial score (nSPS) is 12.6. The average molecular weight is 637 g/mol. The summed E-state index contributed by atoms with van der Waals surface area (Å²) < 4.78 is 59.1. The zero-order valence-corrected chi connectivity index (χ0v) is 24.3. The highest BCUT2D eigenvalue weighted by Gasteiger charge is 2.26. The van der Waals surface area contributed by atoms with Crippen LogP contribution in [-0.4, -0.2) is 35.0 Å². The van der Waals surface area contributed by atoms with Gasteiger partial charge in [-0.1, -0.05) is 51.1 Å². The maximum atomic E-state index is 14.9. The lowest BCUT2D eigenvalue weighted by atomic mass is 10.1. The van der Waals surface area contributed by atoms with Crippen LogP contribution in [0.5, 0.6) is 0 Å². The highest BCUT2D eigenvalue weighted by Crippen LogP contribution is 2.30. The van der Waals surface area contributed by atoms with Crippen LogP contribution in [0.4, 0.5) is 4.39 Å². The Morgan fingerprint density at radius 3 is 2.50 bits per heavy atom. The van der Waals surface area contributed by atoms with E-state index in [1.54, 1.807) is 42.5 Å². The number of halogens is 3. The van der Waals surface area contributed by atoms with Gasteiger partial charge in [0.25, 0.3) is 0 Å². The number of nitrogens with zero attached hydrogens (tertiary/aromatic N) is 1. The topological polar surface area (TPSA) is 82.3 Å². The van der Waals surface area contributed by atoms with E-state index in [4.69, 9.17) is 18.0 Å². The highest BCUT2D eigenvalue weighted by molar-refractivity contribution is 9.10. The number of hydrogen-bond donors (Lipinski definition) is 2. The maximum absolute atomic E-state index is 14.9. The summed E-state index contributed by atoms with van der Waals surface area (Å²) in [6, 6.07) is 16.3. The van der Waals surface area contributed by atoms with Crippen molar-refractivity contribution in [1.29, 1.82) is 0 Å². The molecule has 0 radical (unpaired) electrons. The Hall–Kier alpha value is -2.52. The number of hydrogen-bond acceptors (Lipinski definition) is 3. The number of terminal acetylenes is 1. The molecule has 1 atom stereocenters. The van der Waals surface area contributed by atoms with Gasteiger partial charge in [-0.2, -0.15) is 4.31 Å². The number of fused-ring (bicyclic) bond motifs is 1. The molecule has 4 rings (SSSR count). The number of H-pyrrole nitrogens is 1. The van der Waals surface area contributed by atoms with Gasteiger partial charge in [-0.3, -0.25) is 0 Å². The first-order valence-electron chi connectivity index (χ1n) is 11.5. The van der Waals surface area contributed by atoms with Crippen LogP contribution in [0, 0.1) is 25.1 Å². The molecule has 1 heterocycles. The van der Waals surface area contributed by atoms with Gasteiger partial charge in [0.05, 0.1) is 28.4 Å². The molecule has 11 heteroatoms. The van der Waals surface area contributed by atoms with Crippen molar-refractivity contribution in [2.24, 2.45) is 0 Å². The Morgan fingerprint density at radius 2 is 1.84 bits per heavy atom. The number of nitrogens with one attached hydrogen (secondary N) is 2. The largest absolute Gasteiger partial charge is 0.355 e. The van der Waals surface area contributed by atoms with Gasteiger partial charge in [-0.05, 0) is 67.4 Å². The van der Waals surface area contributed by atoms with E-state index < -0.39 is 26.8 Å². The third kappa shape index (κ3) is 6.37. The third-order valence-electron chi connectivity index (χ3n) is 5.92. The van der Waals surface area contributed by atoms with Crippen molar-refractivity contribution >= 4 is 59.4 Å². The molecule has 2 N–H and O–H groups in total. The first kappa shape index (κ1) is 28.5. The van der Waals surface area contributed by atoms with Crippen molar-refractivity contribution in [3.05, 3.63) is 92.8 Å². The molecule has 0 saturated heterocycles. The van der Waals surface area contributed by atoms with Crippen LogP contribution in [0.15, 0.2) is 74.9 Å². The molecule has 1 aromatic heterocycles. The number of rotatable bonds is 10. The third-order valence-corrected chi connectivity index (χ3v) is 9.60. The molecule has 198 valence electrons. The fourth-order valence-corrected chi connectivity index (χ4v) is 6.74. The molecular formula is C27H24BrClFN3O3S2. The van der Waals surface area contributed by atoms with Crippen LogP contribution < -0.4 is 4.72 Å². The summed E-state index contributed by atoms with van der Waals surface area (Å²) in [6.45, 7) is 1.88. The van der Waals surface area contributed by atoms with Gasteiger partial charge >= 0.3 is 0 Å². The number of benzene rings is 3. The Balaban J connectivity index is 1.66. The predicted octanol–water partition coefficient (Wildman–Crippen LogP) is 5.71. The van der Waals surface area contributed by atoms with Crippen LogP contribution in [0.1, 0.15) is 16.8 Å². The SMILES string of the molecule is C#CCN(Cc1[nH]c2c(F)cc(Br)cc2c1CCNS(=O)c1ccc(Cl)cc1)S(=O)(=O)c1ccc(C)cc1. The molecule has 0 fully saturated rings. The zero-order chi connectivity index (χ0) is 27.4. The monoisotopic (exact) mass is 635 g/mol. The number of aromatic nitrogens is 1. The molecule has 38 heavy (non-hydrogen) atoms. The van der Waals surface area contributed by atoms with Gasteiger partial charge in [0.2, 0.25) is 10.0 Å². The second kappa shape index (κ2) is 12.1. The van der Waals surface area contributed by atoms with Crippen LogP contribution in [-0.2, 0) is 34.0 Å². The standard InChI is InChI=1S/C27H24BrClFN3O3S2/c1-3-14-33(38(35,36)22-10-4-18(2)5-11-22)17-26-23(24-15-19(28)16-25(30)27(24)32-26)12-13-31-37(34)21-8-6-20(29)7-9-21/h1,4-11,15-16,31-32H,12-14,17H2,2H3. The molecule has 0 spiro atoms. The lowest BCUT2D eigenvalue weighted by Crippen LogP contribution is -2.31. The van der Waals surface area contributed by atoms with Crippen molar-refractivity contribution < 1.29 is 17.0 Å². The summed E-state index contributed by atoms with van der Waals surface area (Å²) in [5.41, 5.74) is 2.38. The van der Waals surface area contributed by atoms with E-state index in [1.165, 1.54) is 22.5 Å². The molecule has 0 bridgehead atoms. The van der Waals surface area contributed by atoms with Gasteiger partial charge in [0.1, 0.15) is 16.8 Å². The number of sulfonamides is 1. The van der Waals surface area contributed by atoms with Crippen LogP contribution >= 0.6 is 27.5 Å². The number of aromatic amines is 1. The summed E-state index contributed by atoms with van der Waals surface area (Å²) in [5.74, 6) is 1.94. The summed E-state index contributed by atoms with van der Waals surface area (Å²) in [7, 11) is -5.42. The predicted molar refractivity (Wildman–Crippen MR) is 153 cm³/mol. The molecule has 0 saturated carbocycles. The minimum atomic E-state index is -3.93. The molecular weight excluding hydrogens is 613 g/mol. The Labute approximate surface area is 237 Å². The van der Waals surface area contributed by atoms with Gasteiger partial charge in [-0.25, -0.2) is 21.7 Å². The first-order valence-corrected chi connectivity index (χ1v) is 15.3. The van der Waals surface area contributed by atoms with Crippen molar-refractivity contribution in [2.45, 2.75) is 29.7 Å². The fourth-order valence-electron chi connectivity index (χ4n) is 4.02. The molecule has 0 aliphatic heterocycles. The summed E-state index contributed by atoms with van der Waals surface area (Å²) in [6.07, 6.45) is 5.88. The quantitative estimate of drug-likeness (QED) is 0.219. The van der Waals surface area contributed by atoms with Crippen molar-refractivity contribution in [3.8, 4) is 12.3 Å². The van der Waals surface area contributed by atoms with Crippen molar-refractivity contribution in [2.75, 3.05) is 13.1 Å². The second-order valence-electron chi connectivity index (χ2n) is 8.55. The number of aryl methyl sites for hydroxylation is 1. The van der Waals surface area contributed by atoms with E-state index in [-0.39, 0.29) is 30.0 Å². The molecule has 3 aromatic carbocycles.